The smallest absolute Gasteiger partial charge is 0.271 e. The zero-order valence-corrected chi connectivity index (χ0v) is 7.40. The largest absolute Gasteiger partial charge is 0.347 e. The summed E-state index contributed by atoms with van der Waals surface area (Å²) in [5.74, 6) is -0.244. The molecule has 1 heterocycles. The van der Waals surface area contributed by atoms with Gasteiger partial charge in [0.15, 0.2) is 0 Å². The van der Waals surface area contributed by atoms with Gasteiger partial charge >= 0.3 is 0 Å². The van der Waals surface area contributed by atoms with Gasteiger partial charge in [0, 0.05) is 25.0 Å². The van der Waals surface area contributed by atoms with E-state index < -0.39 is 0 Å². The van der Waals surface area contributed by atoms with Crippen molar-refractivity contribution < 1.29 is 4.79 Å². The minimum absolute atomic E-state index is 0.0468. The molecule has 0 aliphatic carbocycles. The molecule has 0 bridgehead atoms. The van der Waals surface area contributed by atoms with Crippen molar-refractivity contribution in [1.29, 1.82) is 0 Å². The van der Waals surface area contributed by atoms with Crippen LogP contribution in [-0.2, 0) is 0 Å². The van der Waals surface area contributed by atoms with Gasteiger partial charge in [-0.1, -0.05) is 0 Å². The van der Waals surface area contributed by atoms with Crippen LogP contribution in [0.1, 0.15) is 17.4 Å². The summed E-state index contributed by atoms with van der Waals surface area (Å²) in [6.45, 7) is 2.24. The van der Waals surface area contributed by atoms with Crippen LogP contribution in [0.4, 0.5) is 0 Å². The summed E-state index contributed by atoms with van der Waals surface area (Å²) >= 11 is 0. The molecule has 0 spiro atoms. The number of carbonyl (C=O) groups is 1. The molecule has 1 aromatic heterocycles. The third-order valence-electron chi connectivity index (χ3n) is 1.53. The van der Waals surface area contributed by atoms with Gasteiger partial charge in [0.2, 0.25) is 0 Å². The van der Waals surface area contributed by atoms with Gasteiger partial charge in [0.05, 0.1) is 6.20 Å². The Labute approximate surface area is 76.4 Å². The standard InChI is InChI=1S/C8H12N4O/c1-6(4-9)12-8(13)7-5-10-2-3-11-7/h2-3,5-6H,4,9H2,1H3,(H,12,13). The molecule has 0 aliphatic heterocycles. The van der Waals surface area contributed by atoms with Crippen LogP contribution < -0.4 is 11.1 Å². The Balaban J connectivity index is 2.59. The van der Waals surface area contributed by atoms with Crippen LogP contribution in [0, 0.1) is 0 Å². The van der Waals surface area contributed by atoms with Gasteiger partial charge in [-0.15, -0.1) is 0 Å². The molecular weight excluding hydrogens is 168 g/mol. The highest BCUT2D eigenvalue weighted by Gasteiger charge is 2.08. The minimum Gasteiger partial charge on any atom is -0.347 e. The van der Waals surface area contributed by atoms with Gasteiger partial charge < -0.3 is 11.1 Å². The van der Waals surface area contributed by atoms with Gasteiger partial charge in [0.1, 0.15) is 5.69 Å². The van der Waals surface area contributed by atoms with Gasteiger partial charge in [-0.2, -0.15) is 0 Å². The van der Waals surface area contributed by atoms with Gasteiger partial charge in [-0.3, -0.25) is 9.78 Å². The van der Waals surface area contributed by atoms with Crippen molar-refractivity contribution in [1.82, 2.24) is 15.3 Å². The topological polar surface area (TPSA) is 80.9 Å². The zero-order valence-electron chi connectivity index (χ0n) is 7.40. The van der Waals surface area contributed by atoms with Crippen LogP contribution in [0.2, 0.25) is 0 Å². The molecule has 13 heavy (non-hydrogen) atoms. The second kappa shape index (κ2) is 4.51. The van der Waals surface area contributed by atoms with Gasteiger partial charge in [-0.25, -0.2) is 4.98 Å². The third-order valence-corrected chi connectivity index (χ3v) is 1.53. The number of rotatable bonds is 3. The van der Waals surface area contributed by atoms with E-state index in [-0.39, 0.29) is 11.9 Å². The molecule has 0 aromatic carbocycles. The van der Waals surface area contributed by atoms with Crippen LogP contribution in [0.15, 0.2) is 18.6 Å². The maximum absolute atomic E-state index is 11.3. The highest BCUT2D eigenvalue weighted by atomic mass is 16.1. The fourth-order valence-corrected chi connectivity index (χ4v) is 0.773. The first-order valence-corrected chi connectivity index (χ1v) is 4.01. The van der Waals surface area contributed by atoms with Crippen molar-refractivity contribution in [3.63, 3.8) is 0 Å². The second-order valence-corrected chi connectivity index (χ2v) is 2.70. The van der Waals surface area contributed by atoms with Crippen LogP contribution in [0.5, 0.6) is 0 Å². The Morgan fingerprint density at radius 2 is 2.46 bits per heavy atom. The molecule has 1 rings (SSSR count). The predicted octanol–water partition coefficient (Wildman–Crippen LogP) is -0.446. The van der Waals surface area contributed by atoms with Crippen LogP contribution in [-0.4, -0.2) is 28.5 Å². The number of nitrogens with two attached hydrogens (primary N) is 1. The fraction of sp³-hybridized carbons (Fsp3) is 0.375. The van der Waals surface area contributed by atoms with Crippen molar-refractivity contribution in [2.45, 2.75) is 13.0 Å². The number of carbonyl (C=O) groups excluding carboxylic acids is 1. The highest BCUT2D eigenvalue weighted by Crippen LogP contribution is 1.90. The molecular formula is C8H12N4O. The lowest BCUT2D eigenvalue weighted by Gasteiger charge is -2.09. The Morgan fingerprint density at radius 1 is 1.69 bits per heavy atom. The van der Waals surface area contributed by atoms with E-state index in [1.807, 2.05) is 6.92 Å². The van der Waals surface area contributed by atoms with E-state index in [9.17, 15) is 4.79 Å². The molecule has 5 heteroatoms. The molecule has 0 aliphatic rings. The second-order valence-electron chi connectivity index (χ2n) is 2.70. The molecule has 5 nitrogen and oxygen atoms in total. The van der Waals surface area contributed by atoms with E-state index in [2.05, 4.69) is 15.3 Å². The summed E-state index contributed by atoms with van der Waals surface area (Å²) in [6.07, 6.45) is 4.41. The van der Waals surface area contributed by atoms with Crippen LogP contribution in [0.25, 0.3) is 0 Å². The molecule has 3 N–H and O–H groups in total. The lowest BCUT2D eigenvalue weighted by molar-refractivity contribution is 0.0936. The number of aromatic nitrogens is 2. The van der Waals surface area contributed by atoms with Crippen LogP contribution in [0.3, 0.4) is 0 Å². The average Bonchev–Trinajstić information content (AvgIpc) is 2.19. The molecule has 1 unspecified atom stereocenters. The van der Waals surface area contributed by atoms with Gasteiger partial charge in [-0.05, 0) is 6.92 Å². The summed E-state index contributed by atoms with van der Waals surface area (Å²) in [5, 5.41) is 2.68. The number of nitrogens with zero attached hydrogens (tertiary/aromatic N) is 2. The zero-order chi connectivity index (χ0) is 9.68. The highest BCUT2D eigenvalue weighted by molar-refractivity contribution is 5.92. The van der Waals surface area contributed by atoms with E-state index in [1.165, 1.54) is 18.6 Å². The lowest BCUT2D eigenvalue weighted by atomic mass is 10.3. The van der Waals surface area contributed by atoms with E-state index in [0.29, 0.717) is 12.2 Å². The van der Waals surface area contributed by atoms with Crippen molar-refractivity contribution in [3.8, 4) is 0 Å². The summed E-state index contributed by atoms with van der Waals surface area (Å²) in [4.78, 5) is 19.0. The summed E-state index contributed by atoms with van der Waals surface area (Å²) in [6, 6.07) is -0.0468. The molecule has 0 saturated carbocycles. The Morgan fingerprint density at radius 3 is 3.00 bits per heavy atom. The predicted molar refractivity (Wildman–Crippen MR) is 48.0 cm³/mol. The van der Waals surface area contributed by atoms with Crippen molar-refractivity contribution in [2.24, 2.45) is 5.73 Å². The maximum Gasteiger partial charge on any atom is 0.271 e. The Hall–Kier alpha value is -1.49. The summed E-state index contributed by atoms with van der Waals surface area (Å²) in [7, 11) is 0. The normalized spacial score (nSPS) is 12.2. The number of nitrogens with one attached hydrogen (secondary N) is 1. The van der Waals surface area contributed by atoms with Crippen molar-refractivity contribution in [3.05, 3.63) is 24.3 Å². The van der Waals surface area contributed by atoms with E-state index in [4.69, 9.17) is 5.73 Å². The first-order chi connectivity index (χ1) is 6.24. The molecule has 0 saturated heterocycles. The first kappa shape index (κ1) is 9.60. The monoisotopic (exact) mass is 180 g/mol. The first-order valence-electron chi connectivity index (χ1n) is 4.01. The lowest BCUT2D eigenvalue weighted by Crippen LogP contribution is -2.38. The third kappa shape index (κ3) is 2.79. The molecule has 1 aromatic rings. The fourth-order valence-electron chi connectivity index (χ4n) is 0.773. The molecule has 0 radical (unpaired) electrons. The average molecular weight is 180 g/mol. The quantitative estimate of drug-likeness (QED) is 0.660. The summed E-state index contributed by atoms with van der Waals surface area (Å²) in [5.41, 5.74) is 5.66. The van der Waals surface area contributed by atoms with Crippen LogP contribution >= 0.6 is 0 Å². The molecule has 0 fully saturated rings. The molecule has 1 amide bonds. The maximum atomic E-state index is 11.3. The SMILES string of the molecule is CC(CN)NC(=O)c1cnccn1. The van der Waals surface area contributed by atoms with E-state index in [0.717, 1.165) is 0 Å². The number of hydrogen-bond donors (Lipinski definition) is 2. The minimum atomic E-state index is -0.244. The van der Waals surface area contributed by atoms with E-state index >= 15 is 0 Å². The Bertz CT molecular complexity index is 275. The van der Waals surface area contributed by atoms with Gasteiger partial charge in [0.25, 0.3) is 5.91 Å². The van der Waals surface area contributed by atoms with E-state index in [1.54, 1.807) is 0 Å². The Kier molecular flexibility index (Phi) is 3.33. The number of hydrogen-bond acceptors (Lipinski definition) is 4. The molecule has 1 atom stereocenters. The van der Waals surface area contributed by atoms with Crippen molar-refractivity contribution >= 4 is 5.91 Å². The summed E-state index contributed by atoms with van der Waals surface area (Å²) < 4.78 is 0. The number of amides is 1. The van der Waals surface area contributed by atoms with Crippen molar-refractivity contribution in [2.75, 3.05) is 6.54 Å². The molecule has 70 valence electrons.